The van der Waals surface area contributed by atoms with E-state index in [1.165, 1.54) is 17.0 Å². The molecule has 0 aliphatic heterocycles. The van der Waals surface area contributed by atoms with Crippen molar-refractivity contribution in [2.45, 2.75) is 64.8 Å². The van der Waals surface area contributed by atoms with E-state index in [2.05, 4.69) is 10.6 Å². The highest BCUT2D eigenvalue weighted by Gasteiger charge is 2.36. The fourth-order valence-electron chi connectivity index (χ4n) is 3.67. The van der Waals surface area contributed by atoms with Crippen LogP contribution in [0.5, 0.6) is 5.75 Å². The number of benzene rings is 2. The van der Waals surface area contributed by atoms with Gasteiger partial charge in [0.05, 0.1) is 6.42 Å². The lowest BCUT2D eigenvalue weighted by Gasteiger charge is -2.34. The number of nitrogens with zero attached hydrogens (tertiary/aromatic N) is 1. The van der Waals surface area contributed by atoms with Crippen molar-refractivity contribution in [2.24, 2.45) is 5.73 Å². The summed E-state index contributed by atoms with van der Waals surface area (Å²) in [7, 11) is 0. The van der Waals surface area contributed by atoms with Crippen molar-refractivity contribution in [2.75, 3.05) is 6.54 Å². The Kier molecular flexibility index (Phi) is 10.5. The Morgan fingerprint density at radius 1 is 1.03 bits per heavy atom. The van der Waals surface area contributed by atoms with Crippen molar-refractivity contribution in [1.82, 2.24) is 15.5 Å². The zero-order valence-electron chi connectivity index (χ0n) is 21.7. The molecule has 10 nitrogen and oxygen atoms in total. The highest BCUT2D eigenvalue weighted by atomic mass is 16.6. The smallest absolute Gasteiger partial charge is 0.408 e. The van der Waals surface area contributed by atoms with Crippen LogP contribution < -0.4 is 16.4 Å². The summed E-state index contributed by atoms with van der Waals surface area (Å²) in [5.41, 5.74) is 5.85. The number of primary amides is 1. The van der Waals surface area contributed by atoms with E-state index < -0.39 is 47.9 Å². The summed E-state index contributed by atoms with van der Waals surface area (Å²) in [6, 6.07) is 12.8. The second kappa shape index (κ2) is 13.3. The van der Waals surface area contributed by atoms with Crippen LogP contribution in [0.15, 0.2) is 54.6 Å². The summed E-state index contributed by atoms with van der Waals surface area (Å²) in [6.07, 6.45) is -0.882. The van der Waals surface area contributed by atoms with Gasteiger partial charge in [-0.05, 0) is 50.5 Å². The summed E-state index contributed by atoms with van der Waals surface area (Å²) < 4.78 is 5.25. The second-order valence-electron chi connectivity index (χ2n) is 9.60. The fraction of sp³-hybridized carbons (Fsp3) is 0.407. The molecule has 2 rings (SSSR count). The SMILES string of the molecule is CCCN(C(=O)C(CC(N)=O)NC(=O)OC(C)(C)C)C(C(=O)NCc1ccccc1)c1ccc(O)cc1. The molecule has 2 atom stereocenters. The molecule has 37 heavy (non-hydrogen) atoms. The molecule has 0 aliphatic carbocycles. The number of rotatable bonds is 11. The number of carbonyl (C=O) groups is 4. The van der Waals surface area contributed by atoms with Gasteiger partial charge in [0, 0.05) is 13.1 Å². The topological polar surface area (TPSA) is 151 Å². The van der Waals surface area contributed by atoms with Crippen molar-refractivity contribution in [3.05, 3.63) is 65.7 Å². The first kappa shape index (κ1) is 29.2. The number of hydrogen-bond acceptors (Lipinski definition) is 6. The zero-order valence-corrected chi connectivity index (χ0v) is 21.7. The van der Waals surface area contributed by atoms with Crippen molar-refractivity contribution >= 4 is 23.8 Å². The number of phenols is 1. The highest BCUT2D eigenvalue weighted by molar-refractivity contribution is 5.94. The van der Waals surface area contributed by atoms with Gasteiger partial charge in [-0.3, -0.25) is 14.4 Å². The van der Waals surface area contributed by atoms with Gasteiger partial charge in [-0.15, -0.1) is 0 Å². The normalized spacial score (nSPS) is 12.6. The summed E-state index contributed by atoms with van der Waals surface area (Å²) in [4.78, 5) is 52.8. The molecule has 2 unspecified atom stereocenters. The van der Waals surface area contributed by atoms with Crippen molar-refractivity contribution in [1.29, 1.82) is 0 Å². The van der Waals surface area contributed by atoms with E-state index in [1.54, 1.807) is 32.9 Å². The number of ether oxygens (including phenoxy) is 1. The standard InChI is InChI=1S/C27H36N4O6/c1-5-15-31(25(35)21(16-22(28)33)30-26(36)37-27(2,3)4)23(19-11-13-20(32)14-12-19)24(34)29-17-18-9-7-6-8-10-18/h6-14,21,23,32H,5,15-17H2,1-4H3,(H2,28,33)(H,29,34)(H,30,36). The molecule has 4 amide bonds. The van der Waals surface area contributed by atoms with Gasteiger partial charge in [0.2, 0.25) is 17.7 Å². The van der Waals surface area contributed by atoms with E-state index >= 15 is 0 Å². The Hall–Kier alpha value is -4.08. The first-order valence-corrected chi connectivity index (χ1v) is 12.1. The molecule has 0 fully saturated rings. The van der Waals surface area contributed by atoms with Gasteiger partial charge in [-0.2, -0.15) is 0 Å². The van der Waals surface area contributed by atoms with Gasteiger partial charge in [-0.25, -0.2) is 4.79 Å². The lowest BCUT2D eigenvalue weighted by molar-refractivity contribution is -0.143. The van der Waals surface area contributed by atoms with E-state index in [0.29, 0.717) is 12.0 Å². The summed E-state index contributed by atoms with van der Waals surface area (Å²) in [5, 5.41) is 15.1. The van der Waals surface area contributed by atoms with Gasteiger partial charge in [0.15, 0.2) is 0 Å². The van der Waals surface area contributed by atoms with Gasteiger partial charge in [0.1, 0.15) is 23.4 Å². The maximum atomic E-state index is 13.7. The quantitative estimate of drug-likeness (QED) is 0.363. The molecule has 0 bridgehead atoms. The van der Waals surface area contributed by atoms with E-state index in [0.717, 1.165) is 5.56 Å². The lowest BCUT2D eigenvalue weighted by Crippen LogP contribution is -2.54. The zero-order chi connectivity index (χ0) is 27.6. The predicted octanol–water partition coefficient (Wildman–Crippen LogP) is 2.76. The molecule has 0 aliphatic rings. The Bertz CT molecular complexity index is 1070. The van der Waals surface area contributed by atoms with Crippen LogP contribution in [0.25, 0.3) is 0 Å². The van der Waals surface area contributed by atoms with Crippen LogP contribution in [-0.4, -0.2) is 52.0 Å². The molecule has 5 N–H and O–H groups in total. The number of nitrogens with one attached hydrogen (secondary N) is 2. The molecule has 10 heteroatoms. The fourth-order valence-corrected chi connectivity index (χ4v) is 3.67. The minimum absolute atomic E-state index is 0.00115. The van der Waals surface area contributed by atoms with Gasteiger partial charge >= 0.3 is 6.09 Å². The first-order valence-electron chi connectivity index (χ1n) is 12.1. The number of aromatic hydroxyl groups is 1. The summed E-state index contributed by atoms with van der Waals surface area (Å²) in [6.45, 7) is 7.20. The van der Waals surface area contributed by atoms with E-state index in [4.69, 9.17) is 10.5 Å². The molecule has 0 aromatic heterocycles. The largest absolute Gasteiger partial charge is 0.508 e. The Labute approximate surface area is 217 Å². The minimum atomic E-state index is -1.35. The summed E-state index contributed by atoms with van der Waals surface area (Å²) in [5.74, 6) is -1.94. The molecule has 0 heterocycles. The minimum Gasteiger partial charge on any atom is -0.508 e. The Balaban J connectivity index is 2.41. The van der Waals surface area contributed by atoms with E-state index in [-0.39, 0.29) is 18.8 Å². The third-order valence-electron chi connectivity index (χ3n) is 5.22. The molecular weight excluding hydrogens is 476 g/mol. The number of nitrogens with two attached hydrogens (primary N) is 1. The van der Waals surface area contributed by atoms with Crippen LogP contribution >= 0.6 is 0 Å². The van der Waals surface area contributed by atoms with Crippen LogP contribution in [0.4, 0.5) is 4.79 Å². The monoisotopic (exact) mass is 512 g/mol. The van der Waals surface area contributed by atoms with E-state index in [1.807, 2.05) is 37.3 Å². The van der Waals surface area contributed by atoms with Crippen molar-refractivity contribution in [3.63, 3.8) is 0 Å². The average molecular weight is 513 g/mol. The number of amides is 4. The molecule has 2 aromatic rings. The Morgan fingerprint density at radius 2 is 1.65 bits per heavy atom. The maximum Gasteiger partial charge on any atom is 0.408 e. The third kappa shape index (κ3) is 9.47. The molecule has 0 saturated heterocycles. The van der Waals surface area contributed by atoms with Crippen molar-refractivity contribution in [3.8, 4) is 5.75 Å². The highest BCUT2D eigenvalue weighted by Crippen LogP contribution is 2.25. The molecule has 0 radical (unpaired) electrons. The van der Waals surface area contributed by atoms with Crippen LogP contribution in [0.3, 0.4) is 0 Å². The predicted molar refractivity (Wildman–Crippen MR) is 138 cm³/mol. The van der Waals surface area contributed by atoms with Crippen LogP contribution in [0, 0.1) is 0 Å². The molecular formula is C27H36N4O6. The molecule has 0 saturated carbocycles. The van der Waals surface area contributed by atoms with Gasteiger partial charge in [0.25, 0.3) is 0 Å². The molecule has 200 valence electrons. The molecule has 2 aromatic carbocycles. The van der Waals surface area contributed by atoms with Gasteiger partial charge < -0.3 is 31.1 Å². The van der Waals surface area contributed by atoms with Crippen LogP contribution in [0.1, 0.15) is 57.7 Å². The maximum absolute atomic E-state index is 13.7. The van der Waals surface area contributed by atoms with Gasteiger partial charge in [-0.1, -0.05) is 49.4 Å². The van der Waals surface area contributed by atoms with Crippen LogP contribution in [-0.2, 0) is 25.7 Å². The van der Waals surface area contributed by atoms with Crippen LogP contribution in [0.2, 0.25) is 0 Å². The number of alkyl carbamates (subject to hydrolysis) is 1. The van der Waals surface area contributed by atoms with Crippen molar-refractivity contribution < 1.29 is 29.0 Å². The third-order valence-corrected chi connectivity index (χ3v) is 5.22. The number of carbonyl (C=O) groups excluding carboxylic acids is 4. The lowest BCUT2D eigenvalue weighted by atomic mass is 10.0. The van der Waals surface area contributed by atoms with E-state index in [9.17, 15) is 24.3 Å². The second-order valence-corrected chi connectivity index (χ2v) is 9.60. The number of phenolic OH excluding ortho intramolecular Hbond substituents is 1. The first-order chi connectivity index (χ1) is 17.4. The summed E-state index contributed by atoms with van der Waals surface area (Å²) >= 11 is 0. The molecule has 0 spiro atoms. The average Bonchev–Trinajstić information content (AvgIpc) is 2.82. The number of hydrogen-bond donors (Lipinski definition) is 4. The Morgan fingerprint density at radius 3 is 2.19 bits per heavy atom.